The van der Waals surface area contributed by atoms with E-state index in [2.05, 4.69) is 33.0 Å². The molecule has 3 rings (SSSR count). The number of hydrogen-bond donors (Lipinski definition) is 0. The summed E-state index contributed by atoms with van der Waals surface area (Å²) >= 11 is 3.51. The van der Waals surface area contributed by atoms with Crippen LogP contribution in [-0.4, -0.2) is 4.98 Å². The van der Waals surface area contributed by atoms with E-state index in [0.29, 0.717) is 11.2 Å². The zero-order valence-electron chi connectivity index (χ0n) is 11.1. The summed E-state index contributed by atoms with van der Waals surface area (Å²) in [5.74, 6) is 1.51. The normalized spacial score (nSPS) is 10.7. The third-order valence-corrected chi connectivity index (χ3v) is 3.81. The number of aryl methyl sites for hydroxylation is 1. The number of para-hydroxylation sites is 2. The van der Waals surface area contributed by atoms with Gasteiger partial charge in [0.2, 0.25) is 5.88 Å². The van der Waals surface area contributed by atoms with Crippen LogP contribution in [0.5, 0.6) is 11.6 Å². The number of nitrogens with zero attached hydrogens (tertiary/aromatic N) is 1. The zero-order valence-corrected chi connectivity index (χ0v) is 12.7. The van der Waals surface area contributed by atoms with Gasteiger partial charge < -0.3 is 4.74 Å². The summed E-state index contributed by atoms with van der Waals surface area (Å²) in [6, 6.07) is 18.1. The summed E-state index contributed by atoms with van der Waals surface area (Å²) in [6.45, 7) is 2.03. The van der Waals surface area contributed by atoms with Gasteiger partial charge in [0.25, 0.3) is 0 Å². The zero-order chi connectivity index (χ0) is 13.9. The molecule has 0 radical (unpaired) electrons. The van der Waals surface area contributed by atoms with Crippen molar-refractivity contribution in [2.24, 2.45) is 0 Å². The molecule has 1 aromatic heterocycles. The van der Waals surface area contributed by atoms with Crippen molar-refractivity contribution in [1.82, 2.24) is 4.98 Å². The van der Waals surface area contributed by atoms with Crippen molar-refractivity contribution in [2.45, 2.75) is 12.3 Å². The molecule has 0 spiro atoms. The summed E-state index contributed by atoms with van der Waals surface area (Å²) in [5, 5.41) is 1.84. The molecule has 2 nitrogen and oxygen atoms in total. The van der Waals surface area contributed by atoms with Crippen LogP contribution in [0.2, 0.25) is 0 Å². The second kappa shape index (κ2) is 5.63. The minimum Gasteiger partial charge on any atom is -0.438 e. The standard InChI is InChI=1S/C17H14BrNO/c1-12-6-2-5-9-16(12)20-17-14(11-18)10-13-7-3-4-8-15(13)19-17/h2-10H,11H2,1H3. The third-order valence-electron chi connectivity index (χ3n) is 3.21. The first-order chi connectivity index (χ1) is 9.78. The molecule has 0 N–H and O–H groups in total. The molecule has 0 fully saturated rings. The summed E-state index contributed by atoms with van der Waals surface area (Å²) in [4.78, 5) is 4.63. The monoisotopic (exact) mass is 327 g/mol. The highest BCUT2D eigenvalue weighted by molar-refractivity contribution is 9.08. The van der Waals surface area contributed by atoms with Gasteiger partial charge in [0.05, 0.1) is 5.52 Å². The van der Waals surface area contributed by atoms with Crippen LogP contribution >= 0.6 is 15.9 Å². The molecule has 0 amide bonds. The molecular weight excluding hydrogens is 314 g/mol. The Hall–Kier alpha value is -1.87. The van der Waals surface area contributed by atoms with Gasteiger partial charge >= 0.3 is 0 Å². The van der Waals surface area contributed by atoms with Gasteiger partial charge in [-0.2, -0.15) is 0 Å². The van der Waals surface area contributed by atoms with Gasteiger partial charge in [-0.25, -0.2) is 4.98 Å². The molecule has 100 valence electrons. The molecule has 0 bridgehead atoms. The van der Waals surface area contributed by atoms with Crippen molar-refractivity contribution >= 4 is 26.8 Å². The maximum absolute atomic E-state index is 6.00. The number of ether oxygens (including phenoxy) is 1. The van der Waals surface area contributed by atoms with Gasteiger partial charge in [-0.15, -0.1) is 0 Å². The maximum atomic E-state index is 6.00. The number of halogens is 1. The van der Waals surface area contributed by atoms with Crippen LogP contribution in [-0.2, 0) is 5.33 Å². The van der Waals surface area contributed by atoms with E-state index in [9.17, 15) is 0 Å². The van der Waals surface area contributed by atoms with Crippen molar-refractivity contribution in [3.05, 3.63) is 65.7 Å². The SMILES string of the molecule is Cc1ccccc1Oc1nc2ccccc2cc1CBr. The fraction of sp³-hybridized carbons (Fsp3) is 0.118. The van der Waals surface area contributed by atoms with Crippen LogP contribution in [0.4, 0.5) is 0 Å². The Morgan fingerprint density at radius 2 is 1.80 bits per heavy atom. The average molecular weight is 328 g/mol. The van der Waals surface area contributed by atoms with Gasteiger partial charge in [0, 0.05) is 16.3 Å². The Morgan fingerprint density at radius 3 is 2.60 bits per heavy atom. The fourth-order valence-corrected chi connectivity index (χ4v) is 2.50. The van der Waals surface area contributed by atoms with Crippen molar-refractivity contribution < 1.29 is 4.74 Å². The van der Waals surface area contributed by atoms with Gasteiger partial charge in [-0.05, 0) is 30.7 Å². The predicted octanol–water partition coefficient (Wildman–Crippen LogP) is 5.23. The third kappa shape index (κ3) is 2.54. The van der Waals surface area contributed by atoms with Gasteiger partial charge in [-0.1, -0.05) is 52.3 Å². The van der Waals surface area contributed by atoms with Crippen molar-refractivity contribution in [1.29, 1.82) is 0 Å². The second-order valence-corrected chi connectivity index (χ2v) is 5.21. The average Bonchev–Trinajstić information content (AvgIpc) is 2.49. The first-order valence-corrected chi connectivity index (χ1v) is 7.58. The van der Waals surface area contributed by atoms with Crippen LogP contribution in [0.25, 0.3) is 10.9 Å². The molecule has 3 aromatic rings. The molecule has 20 heavy (non-hydrogen) atoms. The highest BCUT2D eigenvalue weighted by Gasteiger charge is 2.09. The predicted molar refractivity (Wildman–Crippen MR) is 85.6 cm³/mol. The number of alkyl halides is 1. The lowest BCUT2D eigenvalue weighted by Gasteiger charge is -2.11. The number of aromatic nitrogens is 1. The van der Waals surface area contributed by atoms with Crippen LogP contribution < -0.4 is 4.74 Å². The Labute approximate surface area is 126 Å². The van der Waals surface area contributed by atoms with E-state index in [0.717, 1.165) is 27.8 Å². The largest absolute Gasteiger partial charge is 0.438 e. The van der Waals surface area contributed by atoms with Crippen LogP contribution in [0.1, 0.15) is 11.1 Å². The van der Waals surface area contributed by atoms with Crippen molar-refractivity contribution in [3.63, 3.8) is 0 Å². The highest BCUT2D eigenvalue weighted by atomic mass is 79.9. The molecular formula is C17H14BrNO. The topological polar surface area (TPSA) is 22.1 Å². The minimum atomic E-state index is 0.662. The quantitative estimate of drug-likeness (QED) is 0.614. The Balaban J connectivity index is 2.08. The molecule has 0 aliphatic heterocycles. The first-order valence-electron chi connectivity index (χ1n) is 6.46. The van der Waals surface area contributed by atoms with Crippen molar-refractivity contribution in [2.75, 3.05) is 0 Å². The molecule has 0 saturated heterocycles. The van der Waals surface area contributed by atoms with Gasteiger partial charge in [0.1, 0.15) is 5.75 Å². The summed E-state index contributed by atoms with van der Waals surface area (Å²) in [5.41, 5.74) is 3.09. The molecule has 0 atom stereocenters. The molecule has 0 aliphatic rings. The lowest BCUT2D eigenvalue weighted by atomic mass is 10.1. The number of hydrogen-bond acceptors (Lipinski definition) is 2. The summed E-state index contributed by atoms with van der Waals surface area (Å²) < 4.78 is 6.00. The van der Waals surface area contributed by atoms with Gasteiger partial charge in [0.15, 0.2) is 0 Å². The molecule has 0 saturated carbocycles. The van der Waals surface area contributed by atoms with E-state index >= 15 is 0 Å². The van der Waals surface area contributed by atoms with E-state index in [1.807, 2.05) is 49.4 Å². The van der Waals surface area contributed by atoms with Crippen LogP contribution in [0.15, 0.2) is 54.6 Å². The number of benzene rings is 2. The van der Waals surface area contributed by atoms with Gasteiger partial charge in [-0.3, -0.25) is 0 Å². The van der Waals surface area contributed by atoms with Crippen LogP contribution in [0.3, 0.4) is 0 Å². The number of fused-ring (bicyclic) bond motifs is 1. The Kier molecular flexibility index (Phi) is 3.70. The number of rotatable bonds is 3. The maximum Gasteiger partial charge on any atom is 0.223 e. The molecule has 0 aliphatic carbocycles. The number of pyridine rings is 1. The molecule has 3 heteroatoms. The Bertz CT molecular complexity index is 755. The minimum absolute atomic E-state index is 0.662. The lowest BCUT2D eigenvalue weighted by molar-refractivity contribution is 0.457. The van der Waals surface area contributed by atoms with E-state index in [1.54, 1.807) is 0 Å². The Morgan fingerprint density at radius 1 is 1.05 bits per heavy atom. The smallest absolute Gasteiger partial charge is 0.223 e. The summed E-state index contributed by atoms with van der Waals surface area (Å²) in [6.07, 6.45) is 0. The fourth-order valence-electron chi connectivity index (χ4n) is 2.10. The highest BCUT2D eigenvalue weighted by Crippen LogP contribution is 2.29. The van der Waals surface area contributed by atoms with E-state index in [1.165, 1.54) is 0 Å². The summed E-state index contributed by atoms with van der Waals surface area (Å²) in [7, 11) is 0. The van der Waals surface area contributed by atoms with E-state index < -0.39 is 0 Å². The second-order valence-electron chi connectivity index (χ2n) is 4.65. The molecule has 0 unspecified atom stereocenters. The van der Waals surface area contributed by atoms with E-state index in [4.69, 9.17) is 4.74 Å². The van der Waals surface area contributed by atoms with Crippen LogP contribution in [0, 0.1) is 6.92 Å². The van der Waals surface area contributed by atoms with E-state index in [-0.39, 0.29) is 0 Å². The molecule has 1 heterocycles. The molecule has 2 aromatic carbocycles. The lowest BCUT2D eigenvalue weighted by Crippen LogP contribution is -1.95. The van der Waals surface area contributed by atoms with Crippen molar-refractivity contribution in [3.8, 4) is 11.6 Å². The first kappa shape index (κ1) is 13.1.